The van der Waals surface area contributed by atoms with Gasteiger partial charge >= 0.3 is 5.97 Å². The largest absolute Gasteiger partial charge is 0.481 e. The monoisotopic (exact) mass is 193 g/mol. The first kappa shape index (κ1) is 11.7. The molecule has 0 radical (unpaired) electrons. The highest BCUT2D eigenvalue weighted by molar-refractivity contribution is 5.85. The molecule has 0 bridgehead atoms. The number of halogens is 1. The Morgan fingerprint density at radius 1 is 1.75 bits per heavy atom. The first-order valence-corrected chi connectivity index (χ1v) is 3.98. The zero-order chi connectivity index (χ0) is 8.65. The summed E-state index contributed by atoms with van der Waals surface area (Å²) >= 11 is 0. The third kappa shape index (κ3) is 1.57. The molecule has 3 N–H and O–H groups in total. The van der Waals surface area contributed by atoms with E-state index in [0.29, 0.717) is 11.8 Å². The Kier molecular flexibility index (Phi) is 3.54. The molecule has 2 atom stereocenters. The second-order valence-electron chi connectivity index (χ2n) is 3.72. The van der Waals surface area contributed by atoms with Crippen LogP contribution in [0.15, 0.2) is 0 Å². The molecular formula is C8H16ClNO2. The highest BCUT2D eigenvalue weighted by Gasteiger charge is 2.60. The van der Waals surface area contributed by atoms with Crippen molar-refractivity contribution in [1.82, 2.24) is 0 Å². The minimum absolute atomic E-state index is 0. The molecular weight excluding hydrogens is 178 g/mol. The standard InChI is InChI=1S/C8H15NO2.ClH/c1-5(2)6-3-8(6,4-9)7(10)11;/h5-6H,3-4,9H2,1-2H3,(H,10,11);1H/t6-,8-;/m1./s1. The van der Waals surface area contributed by atoms with Gasteiger partial charge in [0.25, 0.3) is 0 Å². The third-order valence-corrected chi connectivity index (χ3v) is 2.73. The number of hydrogen-bond acceptors (Lipinski definition) is 2. The summed E-state index contributed by atoms with van der Waals surface area (Å²) in [6.45, 7) is 4.38. The van der Waals surface area contributed by atoms with E-state index in [4.69, 9.17) is 10.8 Å². The quantitative estimate of drug-likeness (QED) is 0.706. The van der Waals surface area contributed by atoms with Gasteiger partial charge in [-0.05, 0) is 18.3 Å². The van der Waals surface area contributed by atoms with Crippen molar-refractivity contribution in [1.29, 1.82) is 0 Å². The lowest BCUT2D eigenvalue weighted by molar-refractivity contribution is -0.143. The van der Waals surface area contributed by atoms with Crippen LogP contribution in [-0.4, -0.2) is 17.6 Å². The molecule has 1 aliphatic carbocycles. The molecule has 0 aromatic carbocycles. The van der Waals surface area contributed by atoms with Gasteiger partial charge < -0.3 is 10.8 Å². The second kappa shape index (κ2) is 3.62. The Bertz CT molecular complexity index is 184. The SMILES string of the molecule is CC(C)[C@H]1C[C@]1(CN)C(=O)O.Cl. The van der Waals surface area contributed by atoms with E-state index in [1.807, 2.05) is 13.8 Å². The van der Waals surface area contributed by atoms with Gasteiger partial charge in [0.2, 0.25) is 0 Å². The molecule has 0 heterocycles. The normalized spacial score (nSPS) is 32.8. The van der Waals surface area contributed by atoms with E-state index in [1.54, 1.807) is 0 Å². The van der Waals surface area contributed by atoms with Crippen molar-refractivity contribution < 1.29 is 9.90 Å². The molecule has 0 unspecified atom stereocenters. The first-order chi connectivity index (χ1) is 5.04. The van der Waals surface area contributed by atoms with Crippen LogP contribution in [0.1, 0.15) is 20.3 Å². The summed E-state index contributed by atoms with van der Waals surface area (Å²) in [6, 6.07) is 0. The van der Waals surface area contributed by atoms with E-state index in [9.17, 15) is 4.79 Å². The molecule has 72 valence electrons. The molecule has 0 amide bonds. The minimum atomic E-state index is -0.723. The number of hydrogen-bond donors (Lipinski definition) is 2. The lowest BCUT2D eigenvalue weighted by Gasteiger charge is -2.10. The van der Waals surface area contributed by atoms with Crippen molar-refractivity contribution in [3.63, 3.8) is 0 Å². The van der Waals surface area contributed by atoms with Crippen LogP contribution < -0.4 is 5.73 Å². The molecule has 4 heteroatoms. The topological polar surface area (TPSA) is 63.3 Å². The van der Waals surface area contributed by atoms with Crippen LogP contribution in [0.3, 0.4) is 0 Å². The summed E-state index contributed by atoms with van der Waals surface area (Å²) in [5.74, 6) is 0.0124. The van der Waals surface area contributed by atoms with E-state index in [0.717, 1.165) is 6.42 Å². The molecule has 0 aliphatic heterocycles. The van der Waals surface area contributed by atoms with Gasteiger partial charge in [0, 0.05) is 6.54 Å². The van der Waals surface area contributed by atoms with Crippen molar-refractivity contribution >= 4 is 18.4 Å². The fourth-order valence-electron chi connectivity index (χ4n) is 1.78. The highest BCUT2D eigenvalue weighted by atomic mass is 35.5. The maximum Gasteiger partial charge on any atom is 0.311 e. The molecule has 0 spiro atoms. The third-order valence-electron chi connectivity index (χ3n) is 2.73. The number of carbonyl (C=O) groups is 1. The van der Waals surface area contributed by atoms with Crippen LogP contribution in [0.5, 0.6) is 0 Å². The second-order valence-corrected chi connectivity index (χ2v) is 3.72. The van der Waals surface area contributed by atoms with E-state index in [1.165, 1.54) is 0 Å². The average Bonchev–Trinajstić information content (AvgIpc) is 2.62. The Balaban J connectivity index is 0.00000121. The summed E-state index contributed by atoms with van der Waals surface area (Å²) in [4.78, 5) is 10.7. The fourth-order valence-corrected chi connectivity index (χ4v) is 1.78. The van der Waals surface area contributed by atoms with Gasteiger partial charge in [-0.1, -0.05) is 13.8 Å². The Morgan fingerprint density at radius 2 is 2.25 bits per heavy atom. The summed E-state index contributed by atoms with van der Waals surface area (Å²) in [5.41, 5.74) is 4.84. The molecule has 0 saturated heterocycles. The lowest BCUT2D eigenvalue weighted by atomic mass is 9.97. The van der Waals surface area contributed by atoms with Crippen LogP contribution in [-0.2, 0) is 4.79 Å². The van der Waals surface area contributed by atoms with E-state index in [2.05, 4.69) is 0 Å². The predicted molar refractivity (Wildman–Crippen MR) is 49.3 cm³/mol. The van der Waals surface area contributed by atoms with Crippen molar-refractivity contribution in [2.24, 2.45) is 23.0 Å². The van der Waals surface area contributed by atoms with Crippen LogP contribution in [0, 0.1) is 17.3 Å². The summed E-state index contributed by atoms with van der Waals surface area (Å²) in [5, 5.41) is 8.84. The number of nitrogens with two attached hydrogens (primary N) is 1. The van der Waals surface area contributed by atoms with E-state index < -0.39 is 11.4 Å². The summed E-state index contributed by atoms with van der Waals surface area (Å²) in [6.07, 6.45) is 0.760. The Labute approximate surface area is 78.7 Å². The summed E-state index contributed by atoms with van der Waals surface area (Å²) in [7, 11) is 0. The van der Waals surface area contributed by atoms with Crippen LogP contribution in [0.25, 0.3) is 0 Å². The molecule has 3 nitrogen and oxygen atoms in total. The molecule has 1 rings (SSSR count). The number of aliphatic carboxylic acids is 1. The van der Waals surface area contributed by atoms with Crippen molar-refractivity contribution in [3.05, 3.63) is 0 Å². The zero-order valence-electron chi connectivity index (χ0n) is 7.41. The van der Waals surface area contributed by atoms with Crippen LogP contribution >= 0.6 is 12.4 Å². The van der Waals surface area contributed by atoms with Gasteiger partial charge in [-0.25, -0.2) is 0 Å². The smallest absolute Gasteiger partial charge is 0.311 e. The van der Waals surface area contributed by atoms with Gasteiger partial charge in [0.05, 0.1) is 5.41 Å². The van der Waals surface area contributed by atoms with Crippen molar-refractivity contribution in [3.8, 4) is 0 Å². The lowest BCUT2D eigenvalue weighted by Crippen LogP contribution is -2.28. The van der Waals surface area contributed by atoms with Gasteiger partial charge in [-0.2, -0.15) is 0 Å². The molecule has 1 saturated carbocycles. The highest BCUT2D eigenvalue weighted by Crippen LogP contribution is 2.55. The van der Waals surface area contributed by atoms with Crippen molar-refractivity contribution in [2.75, 3.05) is 6.54 Å². The van der Waals surface area contributed by atoms with E-state index >= 15 is 0 Å². The number of carboxylic acid groups (broad SMARTS) is 1. The summed E-state index contributed by atoms with van der Waals surface area (Å²) < 4.78 is 0. The van der Waals surface area contributed by atoms with Crippen molar-refractivity contribution in [2.45, 2.75) is 20.3 Å². The first-order valence-electron chi connectivity index (χ1n) is 3.98. The molecule has 12 heavy (non-hydrogen) atoms. The van der Waals surface area contributed by atoms with Gasteiger partial charge in [-0.15, -0.1) is 12.4 Å². The number of rotatable bonds is 3. The van der Waals surface area contributed by atoms with Gasteiger partial charge in [-0.3, -0.25) is 4.79 Å². The Morgan fingerprint density at radius 3 is 2.33 bits per heavy atom. The predicted octanol–water partition coefficient (Wildman–Crippen LogP) is 1.11. The maximum absolute atomic E-state index is 10.7. The molecule has 1 fully saturated rings. The minimum Gasteiger partial charge on any atom is -0.481 e. The van der Waals surface area contributed by atoms with Gasteiger partial charge in [0.1, 0.15) is 0 Å². The zero-order valence-corrected chi connectivity index (χ0v) is 8.23. The fraction of sp³-hybridized carbons (Fsp3) is 0.875. The molecule has 0 aromatic heterocycles. The molecule has 1 aliphatic rings. The van der Waals surface area contributed by atoms with Gasteiger partial charge in [0.15, 0.2) is 0 Å². The average molecular weight is 194 g/mol. The Hall–Kier alpha value is -0.280. The van der Waals surface area contributed by atoms with Crippen LogP contribution in [0.2, 0.25) is 0 Å². The van der Waals surface area contributed by atoms with E-state index in [-0.39, 0.29) is 19.0 Å². The van der Waals surface area contributed by atoms with Crippen LogP contribution in [0.4, 0.5) is 0 Å². The number of carboxylic acids is 1. The molecule has 0 aromatic rings. The maximum atomic E-state index is 10.7.